The molecule has 0 radical (unpaired) electrons. The molecular weight excluding hydrogens is 246 g/mol. The predicted octanol–water partition coefficient (Wildman–Crippen LogP) is 1.05. The fourth-order valence-corrected chi connectivity index (χ4v) is 2.64. The Hall–Kier alpha value is -0.200. The van der Waals surface area contributed by atoms with Crippen LogP contribution in [-0.2, 0) is 14.2 Å². The fourth-order valence-electron chi connectivity index (χ4n) is 2.64. The van der Waals surface area contributed by atoms with Crippen molar-refractivity contribution in [3.8, 4) is 0 Å². The smallest absolute Gasteiger partial charge is 0.163 e. The molecule has 2 N–H and O–H groups in total. The second-order valence-corrected chi connectivity index (χ2v) is 5.92. The third-order valence-corrected chi connectivity index (χ3v) is 3.81. The molecule has 0 aromatic rings. The van der Waals surface area contributed by atoms with Gasteiger partial charge in [0.15, 0.2) is 5.79 Å². The van der Waals surface area contributed by atoms with Crippen molar-refractivity contribution in [3.63, 3.8) is 0 Å². The van der Waals surface area contributed by atoms with Gasteiger partial charge in [0, 0.05) is 0 Å². The standard InChI is InChI=1S/C14H27NO4/c1-4-5-6-7-15-10-8-17-11-9-18-14(2,3)19-13(11)12(10)16/h10-13,15-16H,4-9H2,1-3H3/t10-,11+,12+,13+/m0/s1. The van der Waals surface area contributed by atoms with E-state index >= 15 is 0 Å². The molecule has 2 rings (SSSR count). The second-order valence-electron chi connectivity index (χ2n) is 5.92. The highest BCUT2D eigenvalue weighted by atomic mass is 16.7. The van der Waals surface area contributed by atoms with Gasteiger partial charge in [-0.1, -0.05) is 19.8 Å². The molecule has 5 heteroatoms. The van der Waals surface area contributed by atoms with E-state index in [0.29, 0.717) is 13.2 Å². The zero-order valence-electron chi connectivity index (χ0n) is 12.2. The summed E-state index contributed by atoms with van der Waals surface area (Å²) in [6, 6.07) is -0.0491. The molecule has 2 heterocycles. The van der Waals surface area contributed by atoms with Crippen LogP contribution in [0, 0.1) is 0 Å². The van der Waals surface area contributed by atoms with E-state index in [9.17, 15) is 5.11 Å². The summed E-state index contributed by atoms with van der Waals surface area (Å²) >= 11 is 0. The van der Waals surface area contributed by atoms with Crippen LogP contribution < -0.4 is 5.32 Å². The molecule has 0 amide bonds. The highest BCUT2D eigenvalue weighted by molar-refractivity contribution is 4.94. The van der Waals surface area contributed by atoms with Crippen LogP contribution in [0.4, 0.5) is 0 Å². The third kappa shape index (κ3) is 3.89. The Bertz CT molecular complexity index is 285. The minimum atomic E-state index is -0.643. The zero-order chi connectivity index (χ0) is 13.9. The van der Waals surface area contributed by atoms with Crippen LogP contribution in [0.3, 0.4) is 0 Å². The van der Waals surface area contributed by atoms with Gasteiger partial charge in [0.05, 0.1) is 19.3 Å². The van der Waals surface area contributed by atoms with E-state index in [4.69, 9.17) is 14.2 Å². The lowest BCUT2D eigenvalue weighted by Crippen LogP contribution is -2.64. The van der Waals surface area contributed by atoms with Gasteiger partial charge in [-0.05, 0) is 26.8 Å². The Morgan fingerprint density at radius 1 is 1.26 bits per heavy atom. The van der Waals surface area contributed by atoms with Crippen LogP contribution in [0.1, 0.15) is 40.0 Å². The molecule has 2 fully saturated rings. The first-order chi connectivity index (χ1) is 9.03. The molecular formula is C14H27NO4. The van der Waals surface area contributed by atoms with Crippen LogP contribution >= 0.6 is 0 Å². The van der Waals surface area contributed by atoms with Crippen LogP contribution in [0.2, 0.25) is 0 Å². The Kier molecular flexibility index (Phi) is 5.20. The van der Waals surface area contributed by atoms with Gasteiger partial charge < -0.3 is 24.6 Å². The van der Waals surface area contributed by atoms with Gasteiger partial charge in [-0.25, -0.2) is 0 Å². The molecule has 0 aliphatic carbocycles. The third-order valence-electron chi connectivity index (χ3n) is 3.81. The monoisotopic (exact) mass is 273 g/mol. The lowest BCUT2D eigenvalue weighted by atomic mass is 9.96. The van der Waals surface area contributed by atoms with E-state index in [2.05, 4.69) is 12.2 Å². The minimum absolute atomic E-state index is 0.0491. The number of hydrogen-bond acceptors (Lipinski definition) is 5. The molecule has 5 nitrogen and oxygen atoms in total. The summed E-state index contributed by atoms with van der Waals surface area (Å²) in [7, 11) is 0. The average molecular weight is 273 g/mol. The number of aliphatic hydroxyl groups is 1. The van der Waals surface area contributed by atoms with Crippen LogP contribution in [-0.4, -0.2) is 55.0 Å². The quantitative estimate of drug-likeness (QED) is 0.733. The zero-order valence-corrected chi connectivity index (χ0v) is 12.2. The Morgan fingerprint density at radius 2 is 2.05 bits per heavy atom. The van der Waals surface area contributed by atoms with Crippen LogP contribution in [0.5, 0.6) is 0 Å². The first-order valence-corrected chi connectivity index (χ1v) is 7.38. The Morgan fingerprint density at radius 3 is 2.79 bits per heavy atom. The Labute approximate surface area is 115 Å². The number of fused-ring (bicyclic) bond motifs is 1. The first kappa shape index (κ1) is 15.2. The van der Waals surface area contributed by atoms with Crippen molar-refractivity contribution in [2.75, 3.05) is 19.8 Å². The van der Waals surface area contributed by atoms with Crippen molar-refractivity contribution in [1.82, 2.24) is 5.32 Å². The van der Waals surface area contributed by atoms with E-state index < -0.39 is 11.9 Å². The predicted molar refractivity (Wildman–Crippen MR) is 72.0 cm³/mol. The number of hydrogen-bond donors (Lipinski definition) is 2. The van der Waals surface area contributed by atoms with Crippen molar-refractivity contribution >= 4 is 0 Å². The number of unbranched alkanes of at least 4 members (excludes halogenated alkanes) is 2. The molecule has 0 unspecified atom stereocenters. The summed E-state index contributed by atoms with van der Waals surface area (Å²) < 4.78 is 17.1. The van der Waals surface area contributed by atoms with E-state index in [0.717, 1.165) is 13.0 Å². The fraction of sp³-hybridized carbons (Fsp3) is 1.00. The molecule has 4 atom stereocenters. The van der Waals surface area contributed by atoms with Gasteiger partial charge in [-0.2, -0.15) is 0 Å². The summed E-state index contributed by atoms with van der Waals surface area (Å²) in [4.78, 5) is 0. The number of nitrogens with one attached hydrogen (secondary N) is 1. The van der Waals surface area contributed by atoms with Gasteiger partial charge in [0.25, 0.3) is 0 Å². The van der Waals surface area contributed by atoms with Gasteiger partial charge >= 0.3 is 0 Å². The summed E-state index contributed by atoms with van der Waals surface area (Å²) in [5.41, 5.74) is 0. The average Bonchev–Trinajstić information content (AvgIpc) is 2.37. The summed E-state index contributed by atoms with van der Waals surface area (Å²) in [5, 5.41) is 13.8. The molecule has 0 spiro atoms. The van der Waals surface area contributed by atoms with E-state index in [1.54, 1.807) is 0 Å². The molecule has 112 valence electrons. The normalized spacial score (nSPS) is 37.9. The SMILES string of the molecule is CCCCCN[C@H]1CO[C@@H]2COC(C)(C)O[C@H]2[C@@H]1O. The molecule has 19 heavy (non-hydrogen) atoms. The molecule has 2 saturated heterocycles. The van der Waals surface area contributed by atoms with Gasteiger partial charge in [0.2, 0.25) is 0 Å². The highest BCUT2D eigenvalue weighted by Gasteiger charge is 2.46. The van der Waals surface area contributed by atoms with Crippen molar-refractivity contribution in [2.24, 2.45) is 0 Å². The second kappa shape index (κ2) is 6.50. The summed E-state index contributed by atoms with van der Waals surface area (Å²) in [5.74, 6) is -0.643. The Balaban J connectivity index is 1.84. The van der Waals surface area contributed by atoms with Gasteiger partial charge in [-0.15, -0.1) is 0 Å². The summed E-state index contributed by atoms with van der Waals surface area (Å²) in [6.07, 6.45) is 2.54. The van der Waals surface area contributed by atoms with Gasteiger partial charge in [-0.3, -0.25) is 0 Å². The van der Waals surface area contributed by atoms with E-state index in [-0.39, 0.29) is 18.2 Å². The molecule has 0 aromatic carbocycles. The first-order valence-electron chi connectivity index (χ1n) is 7.38. The maximum Gasteiger partial charge on any atom is 0.163 e. The maximum absolute atomic E-state index is 10.4. The number of ether oxygens (including phenoxy) is 3. The summed E-state index contributed by atoms with van der Waals surface area (Å²) in [6.45, 7) is 7.83. The van der Waals surface area contributed by atoms with Crippen molar-refractivity contribution in [2.45, 2.75) is 70.2 Å². The lowest BCUT2D eigenvalue weighted by Gasteiger charge is -2.47. The van der Waals surface area contributed by atoms with E-state index in [1.165, 1.54) is 12.8 Å². The lowest BCUT2D eigenvalue weighted by molar-refractivity contribution is -0.339. The molecule has 0 aromatic heterocycles. The van der Waals surface area contributed by atoms with E-state index in [1.807, 2.05) is 13.8 Å². The van der Waals surface area contributed by atoms with Gasteiger partial charge in [0.1, 0.15) is 18.3 Å². The molecule has 2 aliphatic heterocycles. The van der Waals surface area contributed by atoms with Crippen molar-refractivity contribution in [1.29, 1.82) is 0 Å². The highest BCUT2D eigenvalue weighted by Crippen LogP contribution is 2.29. The van der Waals surface area contributed by atoms with Crippen LogP contribution in [0.15, 0.2) is 0 Å². The minimum Gasteiger partial charge on any atom is -0.389 e. The molecule has 0 saturated carbocycles. The molecule has 2 aliphatic rings. The topological polar surface area (TPSA) is 60.0 Å². The number of aliphatic hydroxyl groups excluding tert-OH is 1. The number of rotatable bonds is 5. The largest absolute Gasteiger partial charge is 0.389 e. The van der Waals surface area contributed by atoms with Crippen LogP contribution in [0.25, 0.3) is 0 Å². The molecule has 0 bridgehead atoms. The maximum atomic E-state index is 10.4. The van der Waals surface area contributed by atoms with Crippen molar-refractivity contribution in [3.05, 3.63) is 0 Å². The van der Waals surface area contributed by atoms with Crippen molar-refractivity contribution < 1.29 is 19.3 Å².